The molecule has 0 saturated carbocycles. The zero-order valence-electron chi connectivity index (χ0n) is 17.8. The molecule has 10 heteroatoms. The lowest BCUT2D eigenvalue weighted by molar-refractivity contribution is 0.102. The number of nitrogens with zero attached hydrogens (tertiary/aromatic N) is 2. The SMILES string of the molecule is CCN1CCN(S(=O)(=O)c2ccc(NC(=O)c3cc(S(C)(=O)=O)ccc3C)cc2)CC1. The summed E-state index contributed by atoms with van der Waals surface area (Å²) in [4.78, 5) is 15.1. The third kappa shape index (κ3) is 5.32. The Bertz CT molecular complexity index is 1170. The van der Waals surface area contributed by atoms with Crippen LogP contribution in [0.5, 0.6) is 0 Å². The second-order valence-corrected chi connectivity index (χ2v) is 11.5. The van der Waals surface area contributed by atoms with E-state index in [0.717, 1.165) is 12.8 Å². The Morgan fingerprint density at radius 1 is 0.935 bits per heavy atom. The highest BCUT2D eigenvalue weighted by molar-refractivity contribution is 7.90. The summed E-state index contributed by atoms with van der Waals surface area (Å²) in [5.74, 6) is -0.464. The van der Waals surface area contributed by atoms with Gasteiger partial charge in [-0.1, -0.05) is 13.0 Å². The fraction of sp³-hybridized carbons (Fsp3) is 0.381. The summed E-state index contributed by atoms with van der Waals surface area (Å²) in [5.41, 5.74) is 1.30. The Balaban J connectivity index is 1.75. The summed E-state index contributed by atoms with van der Waals surface area (Å²) in [6, 6.07) is 10.4. The molecule has 0 aliphatic carbocycles. The molecule has 0 spiro atoms. The number of nitrogens with one attached hydrogen (secondary N) is 1. The van der Waals surface area contributed by atoms with Crippen molar-refractivity contribution in [2.45, 2.75) is 23.6 Å². The average molecular weight is 466 g/mol. The van der Waals surface area contributed by atoms with Crippen LogP contribution < -0.4 is 5.32 Å². The maximum Gasteiger partial charge on any atom is 0.255 e. The Hall–Kier alpha value is -2.27. The number of carbonyl (C=O) groups excluding carboxylic acids is 1. The quantitative estimate of drug-likeness (QED) is 0.700. The minimum Gasteiger partial charge on any atom is -0.322 e. The maximum absolute atomic E-state index is 12.9. The topological polar surface area (TPSA) is 104 Å². The van der Waals surface area contributed by atoms with E-state index >= 15 is 0 Å². The number of hydrogen-bond donors (Lipinski definition) is 1. The minimum absolute atomic E-state index is 0.0628. The molecule has 1 N–H and O–H groups in total. The van der Waals surface area contributed by atoms with Gasteiger partial charge in [-0.05, 0) is 55.4 Å². The summed E-state index contributed by atoms with van der Waals surface area (Å²) in [7, 11) is -7.03. The molecule has 31 heavy (non-hydrogen) atoms. The van der Waals surface area contributed by atoms with Crippen LogP contribution in [0.4, 0.5) is 5.69 Å². The van der Waals surface area contributed by atoms with E-state index in [0.29, 0.717) is 37.4 Å². The Morgan fingerprint density at radius 2 is 1.52 bits per heavy atom. The molecule has 1 heterocycles. The van der Waals surface area contributed by atoms with E-state index in [-0.39, 0.29) is 15.4 Å². The molecule has 0 atom stereocenters. The number of benzene rings is 2. The van der Waals surface area contributed by atoms with Gasteiger partial charge in [-0.2, -0.15) is 4.31 Å². The third-order valence-electron chi connectivity index (χ3n) is 5.41. The number of aryl methyl sites for hydroxylation is 1. The molecule has 1 fully saturated rings. The number of carbonyl (C=O) groups is 1. The second-order valence-electron chi connectivity index (χ2n) is 7.57. The van der Waals surface area contributed by atoms with Gasteiger partial charge in [0.25, 0.3) is 5.91 Å². The normalized spacial score (nSPS) is 16.2. The lowest BCUT2D eigenvalue weighted by atomic mass is 10.1. The smallest absolute Gasteiger partial charge is 0.255 e. The number of anilines is 1. The molecule has 0 radical (unpaired) electrons. The predicted octanol–water partition coefficient (Wildman–Crippen LogP) is 1.98. The molecule has 168 valence electrons. The monoisotopic (exact) mass is 465 g/mol. The van der Waals surface area contributed by atoms with Gasteiger partial charge < -0.3 is 10.2 Å². The zero-order chi connectivity index (χ0) is 22.8. The van der Waals surface area contributed by atoms with Crippen LogP contribution in [0.3, 0.4) is 0 Å². The molecule has 1 aliphatic heterocycles. The Labute approximate surface area is 183 Å². The van der Waals surface area contributed by atoms with E-state index in [4.69, 9.17) is 0 Å². The van der Waals surface area contributed by atoms with Gasteiger partial charge in [-0.25, -0.2) is 16.8 Å². The van der Waals surface area contributed by atoms with Gasteiger partial charge in [0.05, 0.1) is 9.79 Å². The average Bonchev–Trinajstić information content (AvgIpc) is 2.73. The number of piperazine rings is 1. The van der Waals surface area contributed by atoms with E-state index in [1.165, 1.54) is 40.7 Å². The summed E-state index contributed by atoms with van der Waals surface area (Å²) in [5, 5.41) is 2.70. The molecule has 0 unspecified atom stereocenters. The molecule has 0 bridgehead atoms. The highest BCUT2D eigenvalue weighted by Gasteiger charge is 2.28. The van der Waals surface area contributed by atoms with Crippen LogP contribution in [0, 0.1) is 6.92 Å². The molecular formula is C21H27N3O5S2. The molecule has 3 rings (SSSR count). The van der Waals surface area contributed by atoms with Crippen LogP contribution in [0.2, 0.25) is 0 Å². The van der Waals surface area contributed by atoms with Crippen molar-refractivity contribution in [2.75, 3.05) is 44.3 Å². The number of sulfone groups is 1. The first kappa shape index (κ1) is 23.4. The first-order valence-corrected chi connectivity index (χ1v) is 13.3. The number of amides is 1. The number of rotatable bonds is 6. The van der Waals surface area contributed by atoms with Gasteiger partial charge in [0, 0.05) is 43.7 Å². The van der Waals surface area contributed by atoms with E-state index in [2.05, 4.69) is 17.1 Å². The fourth-order valence-electron chi connectivity index (χ4n) is 3.42. The van der Waals surface area contributed by atoms with Crippen molar-refractivity contribution < 1.29 is 21.6 Å². The summed E-state index contributed by atoms with van der Waals surface area (Å²) in [6.45, 7) is 6.97. The summed E-state index contributed by atoms with van der Waals surface area (Å²) >= 11 is 0. The minimum atomic E-state index is -3.59. The number of sulfonamides is 1. The second kappa shape index (κ2) is 9.07. The summed E-state index contributed by atoms with van der Waals surface area (Å²) < 4.78 is 50.8. The van der Waals surface area contributed by atoms with Gasteiger partial charge in [0.15, 0.2) is 9.84 Å². The lowest BCUT2D eigenvalue weighted by Gasteiger charge is -2.33. The first-order valence-electron chi connectivity index (χ1n) is 9.97. The van der Waals surface area contributed by atoms with Crippen LogP contribution in [0.25, 0.3) is 0 Å². The van der Waals surface area contributed by atoms with Crippen molar-refractivity contribution in [3.05, 3.63) is 53.6 Å². The molecule has 1 aliphatic rings. The fourth-order valence-corrected chi connectivity index (χ4v) is 5.49. The molecule has 0 aromatic heterocycles. The molecule has 2 aromatic rings. The molecule has 1 saturated heterocycles. The highest BCUT2D eigenvalue weighted by atomic mass is 32.2. The van der Waals surface area contributed by atoms with Gasteiger partial charge in [-0.15, -0.1) is 0 Å². The molecule has 8 nitrogen and oxygen atoms in total. The Kier molecular flexibility index (Phi) is 6.85. The van der Waals surface area contributed by atoms with E-state index in [9.17, 15) is 21.6 Å². The van der Waals surface area contributed by atoms with Gasteiger partial charge in [0.1, 0.15) is 0 Å². The van der Waals surface area contributed by atoms with Crippen LogP contribution >= 0.6 is 0 Å². The summed E-state index contributed by atoms with van der Waals surface area (Å²) in [6.07, 6.45) is 1.08. The van der Waals surface area contributed by atoms with E-state index < -0.39 is 25.8 Å². The highest BCUT2D eigenvalue weighted by Crippen LogP contribution is 2.21. The van der Waals surface area contributed by atoms with Crippen molar-refractivity contribution in [3.63, 3.8) is 0 Å². The van der Waals surface area contributed by atoms with Gasteiger partial charge in [-0.3, -0.25) is 4.79 Å². The largest absolute Gasteiger partial charge is 0.322 e. The maximum atomic E-state index is 12.9. The molecule has 1 amide bonds. The Morgan fingerprint density at radius 3 is 2.06 bits per heavy atom. The van der Waals surface area contributed by atoms with Crippen LogP contribution in [0.1, 0.15) is 22.8 Å². The zero-order valence-corrected chi connectivity index (χ0v) is 19.5. The van der Waals surface area contributed by atoms with Crippen molar-refractivity contribution in [1.82, 2.24) is 9.21 Å². The van der Waals surface area contributed by atoms with Crippen molar-refractivity contribution in [1.29, 1.82) is 0 Å². The van der Waals surface area contributed by atoms with Crippen LogP contribution in [0.15, 0.2) is 52.3 Å². The van der Waals surface area contributed by atoms with Crippen molar-refractivity contribution >= 4 is 31.5 Å². The van der Waals surface area contributed by atoms with Gasteiger partial charge >= 0.3 is 0 Å². The van der Waals surface area contributed by atoms with E-state index in [1.54, 1.807) is 13.0 Å². The standard InChI is InChI=1S/C21H27N3O5S2/c1-4-23-11-13-24(14-12-23)31(28,29)18-9-6-17(7-10-18)22-21(25)20-15-19(30(3,26)27)8-5-16(20)2/h5-10,15H,4,11-14H2,1-3H3,(H,22,25). The van der Waals surface area contributed by atoms with E-state index in [1.807, 2.05) is 0 Å². The van der Waals surface area contributed by atoms with Crippen LogP contribution in [-0.2, 0) is 19.9 Å². The predicted molar refractivity (Wildman–Crippen MR) is 120 cm³/mol. The number of likely N-dealkylation sites (N-methyl/N-ethyl adjacent to an activating group) is 1. The van der Waals surface area contributed by atoms with Gasteiger partial charge in [0.2, 0.25) is 10.0 Å². The van der Waals surface area contributed by atoms with Crippen molar-refractivity contribution in [3.8, 4) is 0 Å². The number of hydrogen-bond acceptors (Lipinski definition) is 6. The lowest BCUT2D eigenvalue weighted by Crippen LogP contribution is -2.48. The third-order valence-corrected chi connectivity index (χ3v) is 8.43. The van der Waals surface area contributed by atoms with Crippen LogP contribution in [-0.4, -0.2) is 70.9 Å². The molecule has 2 aromatic carbocycles. The molecular weight excluding hydrogens is 438 g/mol. The first-order chi connectivity index (χ1) is 14.5. The van der Waals surface area contributed by atoms with Crippen molar-refractivity contribution in [2.24, 2.45) is 0 Å².